The van der Waals surface area contributed by atoms with Crippen LogP contribution in [0.15, 0.2) is 18.2 Å². The number of unbranched alkanes of at least 4 members (excludes halogenated alkanes) is 1. The fourth-order valence-electron chi connectivity index (χ4n) is 4.15. The molecule has 0 unspecified atom stereocenters. The van der Waals surface area contributed by atoms with Gasteiger partial charge in [-0.3, -0.25) is 4.79 Å². The van der Waals surface area contributed by atoms with Crippen LogP contribution in [0.5, 0.6) is 0 Å². The first-order valence-corrected chi connectivity index (χ1v) is 11.0. The van der Waals surface area contributed by atoms with Gasteiger partial charge < -0.3 is 9.88 Å². The largest absolute Gasteiger partial charge is 0.351 e. The van der Waals surface area contributed by atoms with Crippen molar-refractivity contribution in [1.82, 2.24) is 14.9 Å². The van der Waals surface area contributed by atoms with E-state index in [-0.39, 0.29) is 5.91 Å². The van der Waals surface area contributed by atoms with Gasteiger partial charge in [-0.05, 0) is 62.8 Å². The molecule has 4 nitrogen and oxygen atoms in total. The Balaban J connectivity index is 1.97. The SMILES string of the molecule is CCCCNC(=O)c1nc(-c2ccc(Cl)cc2C)n(CC2CCCCC2)c1C. The Bertz CT molecular complexity index is 821. The molecule has 0 atom stereocenters. The summed E-state index contributed by atoms with van der Waals surface area (Å²) in [6.07, 6.45) is 8.51. The van der Waals surface area contributed by atoms with E-state index in [1.54, 1.807) is 0 Å². The van der Waals surface area contributed by atoms with E-state index in [4.69, 9.17) is 16.6 Å². The fraction of sp³-hybridized carbons (Fsp3) is 0.565. The topological polar surface area (TPSA) is 46.9 Å². The molecule has 5 heteroatoms. The number of hydrogen-bond donors (Lipinski definition) is 1. The van der Waals surface area contributed by atoms with E-state index < -0.39 is 0 Å². The molecule has 1 aliphatic rings. The number of aryl methyl sites for hydroxylation is 1. The van der Waals surface area contributed by atoms with Crippen LogP contribution >= 0.6 is 11.6 Å². The summed E-state index contributed by atoms with van der Waals surface area (Å²) in [7, 11) is 0. The molecule has 0 saturated heterocycles. The van der Waals surface area contributed by atoms with E-state index in [1.807, 2.05) is 25.1 Å². The average Bonchev–Trinajstić information content (AvgIpc) is 2.99. The molecule has 2 aromatic rings. The maximum atomic E-state index is 12.8. The maximum Gasteiger partial charge on any atom is 0.271 e. The Kier molecular flexibility index (Phi) is 7.17. The first kappa shape index (κ1) is 20.9. The summed E-state index contributed by atoms with van der Waals surface area (Å²) in [6.45, 7) is 7.83. The average molecular weight is 402 g/mol. The maximum absolute atomic E-state index is 12.8. The summed E-state index contributed by atoms with van der Waals surface area (Å²) in [5.74, 6) is 1.48. The third-order valence-electron chi connectivity index (χ3n) is 5.85. The van der Waals surface area contributed by atoms with Crippen molar-refractivity contribution in [3.8, 4) is 11.4 Å². The van der Waals surface area contributed by atoms with Crippen LogP contribution < -0.4 is 5.32 Å². The summed E-state index contributed by atoms with van der Waals surface area (Å²) < 4.78 is 2.26. The molecule has 1 aliphatic carbocycles. The van der Waals surface area contributed by atoms with Gasteiger partial charge in [-0.25, -0.2) is 4.98 Å². The highest BCUT2D eigenvalue weighted by Crippen LogP contribution is 2.31. The number of halogens is 1. The molecule has 152 valence electrons. The first-order chi connectivity index (χ1) is 13.5. The monoisotopic (exact) mass is 401 g/mol. The lowest BCUT2D eigenvalue weighted by Gasteiger charge is -2.24. The van der Waals surface area contributed by atoms with E-state index in [9.17, 15) is 4.79 Å². The van der Waals surface area contributed by atoms with Crippen LogP contribution in [-0.2, 0) is 6.54 Å². The number of rotatable bonds is 7. The zero-order valence-electron chi connectivity index (χ0n) is 17.4. The van der Waals surface area contributed by atoms with Gasteiger partial charge in [0.25, 0.3) is 5.91 Å². The molecule has 3 rings (SSSR count). The third kappa shape index (κ3) is 4.78. The lowest BCUT2D eigenvalue weighted by molar-refractivity contribution is 0.0948. The van der Waals surface area contributed by atoms with Crippen molar-refractivity contribution in [1.29, 1.82) is 0 Å². The molecule has 28 heavy (non-hydrogen) atoms. The molecule has 0 bridgehead atoms. The molecular formula is C23H32ClN3O. The summed E-state index contributed by atoms with van der Waals surface area (Å²) >= 11 is 6.17. The number of benzene rings is 1. The molecule has 1 saturated carbocycles. The van der Waals surface area contributed by atoms with Crippen molar-refractivity contribution < 1.29 is 4.79 Å². The number of nitrogens with one attached hydrogen (secondary N) is 1. The number of hydrogen-bond acceptors (Lipinski definition) is 2. The molecule has 1 fully saturated rings. The minimum Gasteiger partial charge on any atom is -0.351 e. The Morgan fingerprint density at radius 2 is 2.00 bits per heavy atom. The molecule has 1 amide bonds. The first-order valence-electron chi connectivity index (χ1n) is 10.6. The number of amides is 1. The van der Waals surface area contributed by atoms with Crippen LogP contribution in [0.2, 0.25) is 5.02 Å². The van der Waals surface area contributed by atoms with Crippen LogP contribution in [0.1, 0.15) is 73.6 Å². The van der Waals surface area contributed by atoms with Crippen molar-refractivity contribution in [3.05, 3.63) is 40.2 Å². The number of imidazole rings is 1. The molecule has 0 spiro atoms. The van der Waals surface area contributed by atoms with Gasteiger partial charge in [-0.15, -0.1) is 0 Å². The highest BCUT2D eigenvalue weighted by Gasteiger charge is 2.24. The molecule has 1 heterocycles. The van der Waals surface area contributed by atoms with E-state index >= 15 is 0 Å². The van der Waals surface area contributed by atoms with Gasteiger partial charge in [0.1, 0.15) is 11.5 Å². The standard InChI is InChI=1S/C23H32ClN3O/c1-4-5-13-25-23(28)21-17(3)27(15-18-9-7-6-8-10-18)22(26-21)20-12-11-19(24)14-16(20)2/h11-12,14,18H,4-10,13,15H2,1-3H3,(H,25,28). The minimum atomic E-state index is -0.0683. The van der Waals surface area contributed by atoms with Gasteiger partial charge in [-0.2, -0.15) is 0 Å². The van der Waals surface area contributed by atoms with Crippen molar-refractivity contribution in [3.63, 3.8) is 0 Å². The highest BCUT2D eigenvalue weighted by molar-refractivity contribution is 6.30. The lowest BCUT2D eigenvalue weighted by Crippen LogP contribution is -2.25. The summed E-state index contributed by atoms with van der Waals surface area (Å²) in [5, 5.41) is 3.75. The smallest absolute Gasteiger partial charge is 0.271 e. The van der Waals surface area contributed by atoms with E-state index in [0.717, 1.165) is 47.1 Å². The van der Waals surface area contributed by atoms with Crippen molar-refractivity contribution in [2.75, 3.05) is 6.54 Å². The lowest BCUT2D eigenvalue weighted by atomic mass is 9.89. The molecule has 0 radical (unpaired) electrons. The number of aromatic nitrogens is 2. The summed E-state index contributed by atoms with van der Waals surface area (Å²) in [5.41, 5.74) is 3.65. The Morgan fingerprint density at radius 1 is 1.25 bits per heavy atom. The molecule has 1 aromatic heterocycles. The van der Waals surface area contributed by atoms with Crippen LogP contribution in [0.3, 0.4) is 0 Å². The predicted molar refractivity (Wildman–Crippen MR) is 116 cm³/mol. The van der Waals surface area contributed by atoms with Gasteiger partial charge >= 0.3 is 0 Å². The van der Waals surface area contributed by atoms with Crippen molar-refractivity contribution in [2.45, 2.75) is 72.3 Å². The van der Waals surface area contributed by atoms with Crippen LogP contribution in [-0.4, -0.2) is 22.0 Å². The minimum absolute atomic E-state index is 0.0683. The van der Waals surface area contributed by atoms with Gasteiger partial charge in [0, 0.05) is 29.4 Å². The second kappa shape index (κ2) is 9.60. The van der Waals surface area contributed by atoms with Gasteiger partial charge in [0.15, 0.2) is 0 Å². The Morgan fingerprint density at radius 3 is 2.68 bits per heavy atom. The molecule has 1 N–H and O–H groups in total. The van der Waals surface area contributed by atoms with Crippen molar-refractivity contribution in [2.24, 2.45) is 5.92 Å². The zero-order valence-corrected chi connectivity index (χ0v) is 18.1. The zero-order chi connectivity index (χ0) is 20.1. The number of nitrogens with zero attached hydrogens (tertiary/aromatic N) is 2. The van der Waals surface area contributed by atoms with Gasteiger partial charge in [0.05, 0.1) is 0 Å². The predicted octanol–water partition coefficient (Wildman–Crippen LogP) is 5.93. The van der Waals surface area contributed by atoms with Crippen LogP contribution in [0, 0.1) is 19.8 Å². The quantitative estimate of drug-likeness (QED) is 0.584. The Hall–Kier alpha value is -1.81. The summed E-state index contributed by atoms with van der Waals surface area (Å²) in [4.78, 5) is 17.6. The van der Waals surface area contributed by atoms with E-state index in [2.05, 4.69) is 23.7 Å². The fourth-order valence-corrected chi connectivity index (χ4v) is 4.37. The molecule has 0 aliphatic heterocycles. The van der Waals surface area contributed by atoms with E-state index in [0.29, 0.717) is 18.2 Å². The second-order valence-corrected chi connectivity index (χ2v) is 8.49. The van der Waals surface area contributed by atoms with Gasteiger partial charge in [-0.1, -0.05) is 44.2 Å². The molecule has 1 aromatic carbocycles. The van der Waals surface area contributed by atoms with Crippen LogP contribution in [0.4, 0.5) is 0 Å². The summed E-state index contributed by atoms with van der Waals surface area (Å²) in [6, 6.07) is 5.89. The Labute approximate surface area is 173 Å². The van der Waals surface area contributed by atoms with Crippen molar-refractivity contribution >= 4 is 17.5 Å². The van der Waals surface area contributed by atoms with Crippen LogP contribution in [0.25, 0.3) is 11.4 Å². The highest BCUT2D eigenvalue weighted by atomic mass is 35.5. The molecular weight excluding hydrogens is 370 g/mol. The third-order valence-corrected chi connectivity index (χ3v) is 6.08. The number of carbonyl (C=O) groups excluding carboxylic acids is 1. The van der Waals surface area contributed by atoms with E-state index in [1.165, 1.54) is 32.1 Å². The normalized spacial score (nSPS) is 15.0. The number of carbonyl (C=O) groups is 1. The van der Waals surface area contributed by atoms with Gasteiger partial charge in [0.2, 0.25) is 0 Å². The second-order valence-electron chi connectivity index (χ2n) is 8.05.